The summed E-state index contributed by atoms with van der Waals surface area (Å²) in [4.78, 5) is 14.3. The molecular weight excluding hydrogens is 248 g/mol. The minimum absolute atomic E-state index is 0.000324. The fourth-order valence-electron chi connectivity index (χ4n) is 2.24. The maximum atomic E-state index is 12.6. The Morgan fingerprint density at radius 2 is 1.90 bits per heavy atom. The van der Waals surface area contributed by atoms with E-state index in [0.717, 1.165) is 22.4 Å². The molecule has 2 N–H and O–H groups in total. The van der Waals surface area contributed by atoms with E-state index in [1.807, 2.05) is 55.5 Å². The van der Waals surface area contributed by atoms with Crippen LogP contribution in [0.5, 0.6) is 0 Å². The van der Waals surface area contributed by atoms with Crippen molar-refractivity contribution in [3.05, 3.63) is 65.2 Å². The number of benzene rings is 2. The Kier molecular flexibility index (Phi) is 4.53. The van der Waals surface area contributed by atoms with E-state index in [4.69, 9.17) is 5.73 Å². The molecule has 0 aliphatic rings. The topological polar surface area (TPSA) is 46.3 Å². The van der Waals surface area contributed by atoms with Crippen LogP contribution in [0.15, 0.2) is 48.5 Å². The molecule has 0 saturated carbocycles. The molecule has 104 valence electrons. The van der Waals surface area contributed by atoms with Gasteiger partial charge in [0.1, 0.15) is 0 Å². The van der Waals surface area contributed by atoms with Crippen molar-refractivity contribution < 1.29 is 4.79 Å². The average Bonchev–Trinajstić information content (AvgIpc) is 2.47. The third-order valence-corrected chi connectivity index (χ3v) is 3.36. The van der Waals surface area contributed by atoms with Crippen molar-refractivity contribution in [3.8, 4) is 0 Å². The van der Waals surface area contributed by atoms with Crippen LogP contribution in [0.4, 0.5) is 5.69 Å². The lowest BCUT2D eigenvalue weighted by Gasteiger charge is -2.19. The molecular formula is C17H20N2O. The highest BCUT2D eigenvalue weighted by molar-refractivity contribution is 6.06. The van der Waals surface area contributed by atoms with Gasteiger partial charge in [-0.2, -0.15) is 0 Å². The molecule has 0 unspecified atom stereocenters. The molecule has 0 spiro atoms. The van der Waals surface area contributed by atoms with Gasteiger partial charge < -0.3 is 10.6 Å². The highest BCUT2D eigenvalue weighted by Crippen LogP contribution is 2.19. The fraction of sp³-hybridized carbons (Fsp3) is 0.235. The van der Waals surface area contributed by atoms with Crippen molar-refractivity contribution in [2.45, 2.75) is 13.3 Å². The quantitative estimate of drug-likeness (QED) is 0.926. The second kappa shape index (κ2) is 6.35. The van der Waals surface area contributed by atoms with Crippen molar-refractivity contribution in [2.24, 2.45) is 5.73 Å². The molecule has 2 rings (SSSR count). The van der Waals surface area contributed by atoms with E-state index in [2.05, 4.69) is 0 Å². The van der Waals surface area contributed by atoms with Crippen molar-refractivity contribution in [2.75, 3.05) is 18.5 Å². The molecule has 0 atom stereocenters. The molecule has 0 fully saturated rings. The van der Waals surface area contributed by atoms with Crippen molar-refractivity contribution >= 4 is 11.6 Å². The minimum Gasteiger partial charge on any atom is -0.330 e. The standard InChI is InChI=1S/C17H20N2O/c1-13-6-5-8-15(12-13)19(2)17(20)16-9-4-3-7-14(16)10-11-18/h3-9,12H,10-11,18H2,1-2H3. The van der Waals surface area contributed by atoms with Crippen LogP contribution in [0.1, 0.15) is 21.5 Å². The van der Waals surface area contributed by atoms with Gasteiger partial charge in [0, 0.05) is 18.3 Å². The third kappa shape index (κ3) is 3.06. The van der Waals surface area contributed by atoms with Gasteiger partial charge in [-0.3, -0.25) is 4.79 Å². The summed E-state index contributed by atoms with van der Waals surface area (Å²) < 4.78 is 0. The molecule has 0 heterocycles. The molecule has 0 aliphatic carbocycles. The first kappa shape index (κ1) is 14.3. The predicted octanol–water partition coefficient (Wildman–Crippen LogP) is 2.77. The van der Waals surface area contributed by atoms with E-state index in [1.165, 1.54) is 0 Å². The first-order valence-electron chi connectivity index (χ1n) is 6.76. The molecule has 2 aromatic carbocycles. The molecule has 2 aromatic rings. The highest BCUT2D eigenvalue weighted by Gasteiger charge is 2.16. The summed E-state index contributed by atoms with van der Waals surface area (Å²) in [6.45, 7) is 2.56. The third-order valence-electron chi connectivity index (χ3n) is 3.36. The molecule has 0 saturated heterocycles. The molecule has 3 heteroatoms. The maximum absolute atomic E-state index is 12.6. The van der Waals surface area contributed by atoms with Crippen LogP contribution in [0.25, 0.3) is 0 Å². The first-order chi connectivity index (χ1) is 9.63. The van der Waals surface area contributed by atoms with Crippen LogP contribution in [-0.4, -0.2) is 19.5 Å². The second-order valence-electron chi connectivity index (χ2n) is 4.90. The van der Waals surface area contributed by atoms with E-state index < -0.39 is 0 Å². The summed E-state index contributed by atoms with van der Waals surface area (Å²) >= 11 is 0. The number of aryl methyl sites for hydroxylation is 1. The first-order valence-corrected chi connectivity index (χ1v) is 6.76. The molecule has 20 heavy (non-hydrogen) atoms. The SMILES string of the molecule is Cc1cccc(N(C)C(=O)c2ccccc2CCN)c1. The van der Waals surface area contributed by atoms with Crippen LogP contribution >= 0.6 is 0 Å². The zero-order chi connectivity index (χ0) is 14.5. The van der Waals surface area contributed by atoms with E-state index in [1.54, 1.807) is 11.9 Å². The Labute approximate surface area is 120 Å². The smallest absolute Gasteiger partial charge is 0.258 e. The zero-order valence-electron chi connectivity index (χ0n) is 12.0. The van der Waals surface area contributed by atoms with Gasteiger partial charge in [-0.1, -0.05) is 30.3 Å². The number of nitrogens with zero attached hydrogens (tertiary/aromatic N) is 1. The summed E-state index contributed by atoms with van der Waals surface area (Å²) in [6, 6.07) is 15.6. The van der Waals surface area contributed by atoms with Gasteiger partial charge in [-0.15, -0.1) is 0 Å². The van der Waals surface area contributed by atoms with Crippen LogP contribution in [0.2, 0.25) is 0 Å². The summed E-state index contributed by atoms with van der Waals surface area (Å²) in [5, 5.41) is 0. The van der Waals surface area contributed by atoms with E-state index in [-0.39, 0.29) is 5.91 Å². The number of carbonyl (C=O) groups excluding carboxylic acids is 1. The molecule has 0 radical (unpaired) electrons. The Balaban J connectivity index is 2.31. The Morgan fingerprint density at radius 3 is 2.60 bits per heavy atom. The van der Waals surface area contributed by atoms with Gasteiger partial charge in [-0.05, 0) is 49.2 Å². The summed E-state index contributed by atoms with van der Waals surface area (Å²) in [5.41, 5.74) is 9.37. The van der Waals surface area contributed by atoms with E-state index in [0.29, 0.717) is 13.0 Å². The monoisotopic (exact) mass is 268 g/mol. The number of amides is 1. The molecule has 0 aromatic heterocycles. The van der Waals surface area contributed by atoms with Crippen molar-refractivity contribution in [1.29, 1.82) is 0 Å². The number of nitrogens with two attached hydrogens (primary N) is 1. The summed E-state index contributed by atoms with van der Waals surface area (Å²) in [7, 11) is 1.80. The van der Waals surface area contributed by atoms with Crippen LogP contribution in [0.3, 0.4) is 0 Å². The molecule has 0 bridgehead atoms. The largest absolute Gasteiger partial charge is 0.330 e. The predicted molar refractivity (Wildman–Crippen MR) is 83.1 cm³/mol. The van der Waals surface area contributed by atoms with Crippen molar-refractivity contribution in [3.63, 3.8) is 0 Å². The molecule has 1 amide bonds. The van der Waals surface area contributed by atoms with Gasteiger partial charge in [0.2, 0.25) is 0 Å². The van der Waals surface area contributed by atoms with Crippen molar-refractivity contribution in [1.82, 2.24) is 0 Å². The van der Waals surface area contributed by atoms with Gasteiger partial charge in [-0.25, -0.2) is 0 Å². The number of anilines is 1. The Morgan fingerprint density at radius 1 is 1.15 bits per heavy atom. The fourth-order valence-corrected chi connectivity index (χ4v) is 2.24. The summed E-state index contributed by atoms with van der Waals surface area (Å²) in [5.74, 6) is -0.000324. The van der Waals surface area contributed by atoms with E-state index in [9.17, 15) is 4.79 Å². The van der Waals surface area contributed by atoms with Gasteiger partial charge >= 0.3 is 0 Å². The van der Waals surface area contributed by atoms with Gasteiger partial charge in [0.25, 0.3) is 5.91 Å². The lowest BCUT2D eigenvalue weighted by molar-refractivity contribution is 0.0992. The average molecular weight is 268 g/mol. The Bertz CT molecular complexity index is 607. The number of hydrogen-bond donors (Lipinski definition) is 1. The zero-order valence-corrected chi connectivity index (χ0v) is 12.0. The normalized spacial score (nSPS) is 10.3. The maximum Gasteiger partial charge on any atom is 0.258 e. The van der Waals surface area contributed by atoms with Crippen LogP contribution in [0, 0.1) is 6.92 Å². The minimum atomic E-state index is -0.000324. The van der Waals surface area contributed by atoms with Crippen LogP contribution < -0.4 is 10.6 Å². The Hall–Kier alpha value is -2.13. The van der Waals surface area contributed by atoms with Gasteiger partial charge in [0.05, 0.1) is 0 Å². The summed E-state index contributed by atoms with van der Waals surface area (Å²) in [6.07, 6.45) is 0.712. The lowest BCUT2D eigenvalue weighted by Crippen LogP contribution is -2.27. The highest BCUT2D eigenvalue weighted by atomic mass is 16.2. The lowest BCUT2D eigenvalue weighted by atomic mass is 10.0. The van der Waals surface area contributed by atoms with Crippen LogP contribution in [-0.2, 0) is 6.42 Å². The number of rotatable bonds is 4. The molecule has 3 nitrogen and oxygen atoms in total. The number of carbonyl (C=O) groups is 1. The number of hydrogen-bond acceptors (Lipinski definition) is 2. The second-order valence-corrected chi connectivity index (χ2v) is 4.90. The van der Waals surface area contributed by atoms with E-state index >= 15 is 0 Å². The molecule has 0 aliphatic heterocycles. The van der Waals surface area contributed by atoms with Gasteiger partial charge in [0.15, 0.2) is 0 Å².